The first-order chi connectivity index (χ1) is 7.02. The van der Waals surface area contributed by atoms with E-state index in [0.717, 1.165) is 18.4 Å². The van der Waals surface area contributed by atoms with Gasteiger partial charge in [0.25, 0.3) is 5.79 Å². The maximum atomic E-state index is 11.0. The largest absolute Gasteiger partial charge is 0.418 e. The maximum absolute atomic E-state index is 11.0. The third-order valence-corrected chi connectivity index (χ3v) is 2.87. The van der Waals surface area contributed by atoms with Crippen molar-refractivity contribution in [3.63, 3.8) is 0 Å². The van der Waals surface area contributed by atoms with E-state index < -0.39 is 17.7 Å². The lowest BCUT2D eigenvalue weighted by Gasteiger charge is -2.45. The van der Waals surface area contributed by atoms with E-state index in [2.05, 4.69) is 0 Å². The predicted molar refractivity (Wildman–Crippen MR) is 51.7 cm³/mol. The first-order valence-electron chi connectivity index (χ1n) is 5.12. The number of hydrogen-bond acceptors (Lipinski definition) is 4. The highest BCUT2D eigenvalue weighted by Gasteiger charge is 2.49. The van der Waals surface area contributed by atoms with Gasteiger partial charge in [-0.3, -0.25) is 9.59 Å². The normalized spacial score (nSPS) is 26.0. The molecule has 0 aliphatic heterocycles. The van der Waals surface area contributed by atoms with Crippen LogP contribution >= 0.6 is 0 Å². The molecule has 2 bridgehead atoms. The fourth-order valence-corrected chi connectivity index (χ4v) is 2.26. The van der Waals surface area contributed by atoms with Gasteiger partial charge in [-0.25, -0.2) is 0 Å². The Morgan fingerprint density at radius 1 is 1.33 bits per heavy atom. The van der Waals surface area contributed by atoms with Gasteiger partial charge in [-0.05, 0) is 18.8 Å². The number of ether oxygens (including phenoxy) is 2. The van der Waals surface area contributed by atoms with Gasteiger partial charge >= 0.3 is 11.9 Å². The molecular formula is C11H14O4. The molecule has 1 unspecified atom stereocenters. The van der Waals surface area contributed by atoms with Gasteiger partial charge in [0, 0.05) is 25.8 Å². The summed E-state index contributed by atoms with van der Waals surface area (Å²) in [6, 6.07) is 0. The van der Waals surface area contributed by atoms with E-state index in [9.17, 15) is 9.59 Å². The Labute approximate surface area is 88.2 Å². The molecule has 0 aromatic carbocycles. The highest BCUT2D eigenvalue weighted by molar-refractivity contribution is 5.70. The zero-order valence-electron chi connectivity index (χ0n) is 8.91. The molecule has 0 N–H and O–H groups in total. The third-order valence-electron chi connectivity index (χ3n) is 2.87. The van der Waals surface area contributed by atoms with Gasteiger partial charge in [0.15, 0.2) is 0 Å². The number of esters is 2. The van der Waals surface area contributed by atoms with Crippen LogP contribution in [-0.4, -0.2) is 17.7 Å². The van der Waals surface area contributed by atoms with Gasteiger partial charge in [-0.1, -0.05) is 6.08 Å². The van der Waals surface area contributed by atoms with Gasteiger partial charge in [-0.2, -0.15) is 0 Å². The number of carbonyl (C=O) groups excluding carboxylic acids is 2. The second-order valence-corrected chi connectivity index (χ2v) is 4.13. The van der Waals surface area contributed by atoms with Crippen molar-refractivity contribution in [1.29, 1.82) is 0 Å². The first-order valence-corrected chi connectivity index (χ1v) is 5.12. The standard InChI is InChI=1S/C11H14O4/c1-7(12)14-11(15-8(2)13)4-3-9-5-10(11)6-9/h5,9H,3-4,6H2,1-2H3. The molecule has 4 nitrogen and oxygen atoms in total. The monoisotopic (exact) mass is 210 g/mol. The molecule has 0 aromatic heterocycles. The molecular weight excluding hydrogens is 196 g/mol. The van der Waals surface area contributed by atoms with Crippen LogP contribution in [0, 0.1) is 5.92 Å². The van der Waals surface area contributed by atoms with Gasteiger partial charge in [0.05, 0.1) is 0 Å². The van der Waals surface area contributed by atoms with Crippen molar-refractivity contribution in [1.82, 2.24) is 0 Å². The molecule has 15 heavy (non-hydrogen) atoms. The Morgan fingerprint density at radius 2 is 1.87 bits per heavy atom. The van der Waals surface area contributed by atoms with Gasteiger partial charge in [0.1, 0.15) is 0 Å². The lowest BCUT2D eigenvalue weighted by Crippen LogP contribution is -2.48. The molecule has 0 spiro atoms. The Morgan fingerprint density at radius 3 is 2.20 bits per heavy atom. The van der Waals surface area contributed by atoms with Crippen LogP contribution < -0.4 is 0 Å². The van der Waals surface area contributed by atoms with E-state index in [0.29, 0.717) is 12.3 Å². The van der Waals surface area contributed by atoms with Crippen LogP contribution in [0.4, 0.5) is 0 Å². The Hall–Kier alpha value is -1.32. The third kappa shape index (κ3) is 1.76. The van der Waals surface area contributed by atoms with E-state index in [1.807, 2.05) is 6.08 Å². The summed E-state index contributed by atoms with van der Waals surface area (Å²) in [5, 5.41) is 0. The molecule has 82 valence electrons. The lowest BCUT2D eigenvalue weighted by molar-refractivity contribution is -0.222. The van der Waals surface area contributed by atoms with Crippen LogP contribution in [-0.2, 0) is 19.1 Å². The maximum Gasteiger partial charge on any atom is 0.306 e. The van der Waals surface area contributed by atoms with Gasteiger partial charge < -0.3 is 9.47 Å². The van der Waals surface area contributed by atoms with Crippen molar-refractivity contribution in [2.45, 2.75) is 38.9 Å². The second-order valence-electron chi connectivity index (χ2n) is 4.13. The smallest absolute Gasteiger partial charge is 0.306 e. The average Bonchev–Trinajstić information content (AvgIpc) is 1.97. The van der Waals surface area contributed by atoms with Crippen molar-refractivity contribution >= 4 is 11.9 Å². The van der Waals surface area contributed by atoms with Gasteiger partial charge in [0.2, 0.25) is 0 Å². The molecule has 0 aromatic rings. The average molecular weight is 210 g/mol. The van der Waals surface area contributed by atoms with Crippen LogP contribution in [0.15, 0.2) is 11.6 Å². The molecule has 0 heterocycles. The summed E-state index contributed by atoms with van der Waals surface area (Å²) in [5.74, 6) is -1.34. The van der Waals surface area contributed by atoms with Gasteiger partial charge in [-0.15, -0.1) is 0 Å². The Bertz CT molecular complexity index is 326. The number of allylic oxidation sites excluding steroid dienone is 1. The zero-order valence-corrected chi connectivity index (χ0v) is 8.91. The number of carbonyl (C=O) groups is 2. The topological polar surface area (TPSA) is 52.6 Å². The fourth-order valence-electron chi connectivity index (χ4n) is 2.26. The van der Waals surface area contributed by atoms with Crippen molar-refractivity contribution in [2.75, 3.05) is 0 Å². The molecule has 3 rings (SSSR count). The molecule has 0 amide bonds. The van der Waals surface area contributed by atoms with Crippen molar-refractivity contribution in [3.8, 4) is 0 Å². The van der Waals surface area contributed by atoms with Crippen molar-refractivity contribution < 1.29 is 19.1 Å². The minimum Gasteiger partial charge on any atom is -0.418 e. The summed E-state index contributed by atoms with van der Waals surface area (Å²) in [7, 11) is 0. The van der Waals surface area contributed by atoms with Crippen molar-refractivity contribution in [2.24, 2.45) is 5.92 Å². The number of rotatable bonds is 2. The molecule has 1 saturated carbocycles. The quantitative estimate of drug-likeness (QED) is 0.394. The summed E-state index contributed by atoms with van der Waals surface area (Å²) in [6.45, 7) is 2.66. The zero-order chi connectivity index (χ0) is 11.1. The summed E-state index contributed by atoms with van der Waals surface area (Å²) >= 11 is 0. The van der Waals surface area contributed by atoms with Crippen LogP contribution in [0.1, 0.15) is 33.1 Å². The highest BCUT2D eigenvalue weighted by atomic mass is 16.7. The number of fused-ring (bicyclic) bond motifs is 2. The van der Waals surface area contributed by atoms with Crippen LogP contribution in [0.3, 0.4) is 0 Å². The fraction of sp³-hybridized carbons (Fsp3) is 0.636. The molecule has 4 heteroatoms. The SMILES string of the molecule is CC(=O)OC1(OC(C)=O)CCC2C=C1C2. The van der Waals surface area contributed by atoms with E-state index in [-0.39, 0.29) is 0 Å². The summed E-state index contributed by atoms with van der Waals surface area (Å²) in [4.78, 5) is 22.0. The minimum absolute atomic E-state index is 0.414. The molecule has 1 fully saturated rings. The molecule has 0 saturated heterocycles. The van der Waals surface area contributed by atoms with Crippen molar-refractivity contribution in [3.05, 3.63) is 11.6 Å². The summed E-state index contributed by atoms with van der Waals surface area (Å²) in [5.41, 5.74) is 0.934. The van der Waals surface area contributed by atoms with E-state index in [1.54, 1.807) is 0 Å². The van der Waals surface area contributed by atoms with E-state index in [1.165, 1.54) is 13.8 Å². The summed E-state index contributed by atoms with van der Waals surface area (Å²) in [6.07, 6.45) is 4.41. The minimum atomic E-state index is -1.09. The molecule has 3 aliphatic rings. The van der Waals surface area contributed by atoms with Crippen LogP contribution in [0.5, 0.6) is 0 Å². The van der Waals surface area contributed by atoms with E-state index >= 15 is 0 Å². The lowest BCUT2D eigenvalue weighted by atomic mass is 9.71. The van der Waals surface area contributed by atoms with Crippen LogP contribution in [0.2, 0.25) is 0 Å². The molecule has 0 radical (unpaired) electrons. The first kappa shape index (κ1) is 10.2. The second kappa shape index (κ2) is 3.36. The Balaban J connectivity index is 2.22. The predicted octanol–water partition coefficient (Wildman–Crippen LogP) is 1.55. The van der Waals surface area contributed by atoms with Crippen LogP contribution in [0.25, 0.3) is 0 Å². The highest BCUT2D eigenvalue weighted by Crippen LogP contribution is 2.48. The summed E-state index contributed by atoms with van der Waals surface area (Å²) < 4.78 is 10.4. The molecule has 1 atom stereocenters. The Kier molecular flexibility index (Phi) is 2.29. The number of hydrogen-bond donors (Lipinski definition) is 0. The van der Waals surface area contributed by atoms with E-state index in [4.69, 9.17) is 9.47 Å². The molecule has 3 aliphatic carbocycles.